The van der Waals surface area contributed by atoms with E-state index in [2.05, 4.69) is 20.3 Å². The van der Waals surface area contributed by atoms with Crippen molar-refractivity contribution in [1.82, 2.24) is 24.8 Å². The highest BCUT2D eigenvalue weighted by molar-refractivity contribution is 5.96. The molecule has 2 amide bonds. The Balaban J connectivity index is 1.35. The second kappa shape index (κ2) is 10.7. The lowest BCUT2D eigenvalue weighted by Gasteiger charge is -2.45. The van der Waals surface area contributed by atoms with Crippen molar-refractivity contribution >= 4 is 23.3 Å². The van der Waals surface area contributed by atoms with Crippen molar-refractivity contribution in [2.45, 2.75) is 76.7 Å². The lowest BCUT2D eigenvalue weighted by Crippen LogP contribution is -2.55. The first-order valence-electron chi connectivity index (χ1n) is 13.9. The van der Waals surface area contributed by atoms with Gasteiger partial charge in [0.1, 0.15) is 17.7 Å². The van der Waals surface area contributed by atoms with Gasteiger partial charge in [0.25, 0.3) is 5.91 Å². The quantitative estimate of drug-likeness (QED) is 0.390. The molecule has 42 heavy (non-hydrogen) atoms. The number of halogens is 4. The summed E-state index contributed by atoms with van der Waals surface area (Å²) >= 11 is 0. The minimum absolute atomic E-state index is 0.193. The summed E-state index contributed by atoms with van der Waals surface area (Å²) in [5.74, 6) is -2.02. The number of benzene rings is 1. The van der Waals surface area contributed by atoms with Gasteiger partial charge in [0.15, 0.2) is 5.65 Å². The fourth-order valence-corrected chi connectivity index (χ4v) is 5.95. The van der Waals surface area contributed by atoms with Crippen LogP contribution in [0, 0.1) is 5.82 Å². The number of likely N-dealkylation sites (tertiary alicyclic amines) is 1. The molecule has 2 aliphatic rings. The molecule has 0 aliphatic carbocycles. The Morgan fingerprint density at radius 1 is 1.10 bits per heavy atom. The molecule has 0 unspecified atom stereocenters. The maximum Gasteiger partial charge on any atom is 0.419 e. The third-order valence-electron chi connectivity index (χ3n) is 8.01. The average molecular weight is 591 g/mol. The minimum Gasteiger partial charge on any atom is -0.444 e. The minimum atomic E-state index is -4.85. The number of alkyl halides is 3. The van der Waals surface area contributed by atoms with E-state index in [1.165, 1.54) is 30.0 Å². The third kappa shape index (κ3) is 5.73. The smallest absolute Gasteiger partial charge is 0.419 e. The number of piperidine rings is 1. The zero-order valence-corrected chi connectivity index (χ0v) is 24.0. The van der Waals surface area contributed by atoms with Crippen molar-refractivity contribution in [3.8, 4) is 0 Å². The number of fused-ring (bicyclic) bond motifs is 1. The van der Waals surface area contributed by atoms with Gasteiger partial charge in [-0.2, -0.15) is 18.3 Å². The Morgan fingerprint density at radius 2 is 1.81 bits per heavy atom. The van der Waals surface area contributed by atoms with Gasteiger partial charge in [0.05, 0.1) is 22.9 Å². The highest BCUT2D eigenvalue weighted by atomic mass is 19.4. The standard InChI is InChI=1S/C29H34F4N6O3/c1-18(20-7-5-8-21(23(20)30)29(31,32)33)36-25(40)19-15-22(24-34-17-35-39(24)16-19)37-13-10-28(11-14-37)9-6-12-38(28)26(41)42-27(2,3)4/h5,7-8,15-18H,6,9-14H2,1-4H3,(H,36,40)/t18-/m1/s1. The summed E-state index contributed by atoms with van der Waals surface area (Å²) in [6.07, 6.45) is 0.867. The maximum atomic E-state index is 14.7. The number of carbonyl (C=O) groups excluding carboxylic acids is 2. The second-order valence-corrected chi connectivity index (χ2v) is 12.0. The zero-order valence-electron chi connectivity index (χ0n) is 24.0. The van der Waals surface area contributed by atoms with E-state index in [0.717, 1.165) is 18.9 Å². The van der Waals surface area contributed by atoms with E-state index in [1.54, 1.807) is 6.07 Å². The molecule has 13 heteroatoms. The monoisotopic (exact) mass is 590 g/mol. The molecule has 1 N–H and O–H groups in total. The first-order valence-corrected chi connectivity index (χ1v) is 13.9. The summed E-state index contributed by atoms with van der Waals surface area (Å²) in [7, 11) is 0. The summed E-state index contributed by atoms with van der Waals surface area (Å²) in [4.78, 5) is 34.5. The van der Waals surface area contributed by atoms with Crippen LogP contribution in [0.25, 0.3) is 5.65 Å². The van der Waals surface area contributed by atoms with E-state index in [0.29, 0.717) is 49.9 Å². The number of ether oxygens (including phenoxy) is 1. The number of pyridine rings is 1. The number of hydrogen-bond acceptors (Lipinski definition) is 6. The Labute approximate surface area is 240 Å². The van der Waals surface area contributed by atoms with Crippen molar-refractivity contribution < 1.29 is 31.9 Å². The molecule has 0 bridgehead atoms. The number of nitrogens with zero attached hydrogens (tertiary/aromatic N) is 5. The van der Waals surface area contributed by atoms with Crippen molar-refractivity contribution in [2.75, 3.05) is 24.5 Å². The Morgan fingerprint density at radius 3 is 2.48 bits per heavy atom. The molecule has 2 fully saturated rings. The molecule has 0 radical (unpaired) electrons. The number of aromatic nitrogens is 3. The molecule has 1 aromatic carbocycles. The molecule has 1 spiro atoms. The van der Waals surface area contributed by atoms with E-state index in [9.17, 15) is 27.2 Å². The fourth-order valence-electron chi connectivity index (χ4n) is 5.95. The van der Waals surface area contributed by atoms with Crippen molar-refractivity contribution in [3.05, 3.63) is 59.3 Å². The molecule has 226 valence electrons. The Bertz CT molecular complexity index is 1490. The summed E-state index contributed by atoms with van der Waals surface area (Å²) in [5, 5.41) is 6.80. The molecule has 2 saturated heterocycles. The summed E-state index contributed by atoms with van der Waals surface area (Å²) in [6, 6.07) is 3.62. The van der Waals surface area contributed by atoms with Crippen LogP contribution in [0.5, 0.6) is 0 Å². The van der Waals surface area contributed by atoms with Gasteiger partial charge in [-0.15, -0.1) is 0 Å². The van der Waals surface area contributed by atoms with Gasteiger partial charge in [-0.1, -0.05) is 12.1 Å². The van der Waals surface area contributed by atoms with Crippen LogP contribution in [0.1, 0.15) is 80.9 Å². The maximum absolute atomic E-state index is 14.7. The van der Waals surface area contributed by atoms with E-state index in [1.807, 2.05) is 25.7 Å². The molecule has 1 atom stereocenters. The zero-order chi connectivity index (χ0) is 30.4. The van der Waals surface area contributed by atoms with Crippen LogP contribution in [0.2, 0.25) is 0 Å². The van der Waals surface area contributed by atoms with E-state index >= 15 is 0 Å². The predicted molar refractivity (Wildman–Crippen MR) is 147 cm³/mol. The van der Waals surface area contributed by atoms with Crippen LogP contribution >= 0.6 is 0 Å². The fraction of sp³-hybridized carbons (Fsp3) is 0.517. The molecule has 0 saturated carbocycles. The van der Waals surface area contributed by atoms with E-state index in [-0.39, 0.29) is 22.8 Å². The highest BCUT2D eigenvalue weighted by Crippen LogP contribution is 2.41. The first-order chi connectivity index (χ1) is 19.7. The van der Waals surface area contributed by atoms with Gasteiger partial charge < -0.3 is 19.9 Å². The molecule has 2 aliphatic heterocycles. The van der Waals surface area contributed by atoms with Gasteiger partial charge in [-0.25, -0.2) is 18.7 Å². The number of rotatable bonds is 4. The Hall–Kier alpha value is -3.90. The average Bonchev–Trinajstić information content (AvgIpc) is 3.54. The van der Waals surface area contributed by atoms with Gasteiger partial charge >= 0.3 is 12.3 Å². The normalized spacial score (nSPS) is 18.0. The van der Waals surface area contributed by atoms with E-state index in [4.69, 9.17) is 4.74 Å². The van der Waals surface area contributed by atoms with E-state index < -0.39 is 35.1 Å². The number of nitrogens with one attached hydrogen (secondary N) is 1. The molecule has 9 nitrogen and oxygen atoms in total. The highest BCUT2D eigenvalue weighted by Gasteiger charge is 2.47. The largest absolute Gasteiger partial charge is 0.444 e. The molecule has 4 heterocycles. The lowest BCUT2D eigenvalue weighted by atomic mass is 9.85. The van der Waals surface area contributed by atoms with Crippen molar-refractivity contribution in [1.29, 1.82) is 0 Å². The van der Waals surface area contributed by atoms with Gasteiger partial charge in [0.2, 0.25) is 0 Å². The molecule has 5 rings (SSSR count). The molecule has 3 aromatic rings. The first kappa shape index (κ1) is 29.6. The third-order valence-corrected chi connectivity index (χ3v) is 8.01. The molecular weight excluding hydrogens is 556 g/mol. The lowest BCUT2D eigenvalue weighted by molar-refractivity contribution is -0.140. The SMILES string of the molecule is C[C@@H](NC(=O)c1cc(N2CCC3(CCCN3C(=O)OC(C)(C)C)CC2)c2ncnn2c1)c1cccc(C(F)(F)F)c1F. The van der Waals surface area contributed by atoms with Crippen LogP contribution in [0.3, 0.4) is 0 Å². The number of hydrogen-bond donors (Lipinski definition) is 1. The van der Waals surface area contributed by atoms with Gasteiger partial charge in [-0.3, -0.25) is 4.79 Å². The predicted octanol–water partition coefficient (Wildman–Crippen LogP) is 5.75. The molecule has 2 aromatic heterocycles. The van der Waals surface area contributed by atoms with Crippen LogP contribution in [0.15, 0.2) is 36.8 Å². The van der Waals surface area contributed by atoms with Crippen LogP contribution in [0.4, 0.5) is 28.0 Å². The van der Waals surface area contributed by atoms with Crippen LogP contribution in [-0.4, -0.2) is 62.3 Å². The Kier molecular flexibility index (Phi) is 7.56. The topological polar surface area (TPSA) is 92.1 Å². The van der Waals surface area contributed by atoms with Crippen molar-refractivity contribution in [2.24, 2.45) is 0 Å². The van der Waals surface area contributed by atoms with Crippen LogP contribution < -0.4 is 10.2 Å². The molecular formula is C29H34F4N6O3. The number of carbonyl (C=O) groups is 2. The van der Waals surface area contributed by atoms with Crippen LogP contribution in [-0.2, 0) is 10.9 Å². The number of amides is 2. The van der Waals surface area contributed by atoms with Crippen molar-refractivity contribution in [3.63, 3.8) is 0 Å². The van der Waals surface area contributed by atoms with Gasteiger partial charge in [0, 0.05) is 36.9 Å². The number of anilines is 1. The summed E-state index contributed by atoms with van der Waals surface area (Å²) in [6.45, 7) is 8.80. The second-order valence-electron chi connectivity index (χ2n) is 12.0. The van der Waals surface area contributed by atoms with Gasteiger partial charge in [-0.05, 0) is 65.5 Å². The summed E-state index contributed by atoms with van der Waals surface area (Å²) in [5.41, 5.74) is -1.16. The summed E-state index contributed by atoms with van der Waals surface area (Å²) < 4.78 is 61.5.